The molecule has 4 N–H and O–H groups in total. The molecule has 0 fully saturated rings. The smallest absolute Gasteiger partial charge is 0.413 e. The second-order valence-corrected chi connectivity index (χ2v) is 4.21. The largest absolute Gasteiger partial charge is 0.507 e. The second-order valence-electron chi connectivity index (χ2n) is 4.21. The highest BCUT2D eigenvalue weighted by atomic mass is 19.4. The van der Waals surface area contributed by atoms with Crippen LogP contribution in [0.3, 0.4) is 0 Å². The number of hydrogen-bond acceptors (Lipinski definition) is 3. The molecule has 0 bridgehead atoms. The van der Waals surface area contributed by atoms with Gasteiger partial charge in [0.1, 0.15) is 11.6 Å². The molecule has 0 heterocycles. The van der Waals surface area contributed by atoms with Gasteiger partial charge in [-0.15, -0.1) is 0 Å². The zero-order chi connectivity index (χ0) is 15.3. The van der Waals surface area contributed by atoms with E-state index >= 15 is 0 Å². The lowest BCUT2D eigenvalue weighted by Gasteiger charge is -2.08. The van der Waals surface area contributed by atoms with Crippen LogP contribution in [0.5, 0.6) is 5.75 Å². The van der Waals surface area contributed by atoms with Gasteiger partial charge in [0.2, 0.25) is 0 Å². The van der Waals surface area contributed by atoms with Crippen LogP contribution in [-0.2, 0) is 6.54 Å². The van der Waals surface area contributed by atoms with E-state index in [9.17, 15) is 18.3 Å². The monoisotopic (exact) mass is 287 g/mol. The number of nitrogens with zero attached hydrogens (tertiary/aromatic N) is 1. The Kier molecular flexibility index (Phi) is 5.15. The van der Waals surface area contributed by atoms with Crippen LogP contribution < -0.4 is 11.1 Å². The molecule has 0 aromatic heterocycles. The number of amidine groups is 1. The van der Waals surface area contributed by atoms with Gasteiger partial charge in [-0.1, -0.05) is 6.07 Å². The van der Waals surface area contributed by atoms with E-state index in [4.69, 9.17) is 5.73 Å². The van der Waals surface area contributed by atoms with Gasteiger partial charge in [-0.3, -0.25) is 0 Å². The maximum absolute atomic E-state index is 12.3. The molecule has 0 unspecified atom stereocenters. The number of alkyl halides is 3. The summed E-state index contributed by atoms with van der Waals surface area (Å²) in [5, 5.41) is 12.6. The highest BCUT2D eigenvalue weighted by Crippen LogP contribution is 2.25. The minimum Gasteiger partial charge on any atom is -0.507 e. The van der Waals surface area contributed by atoms with E-state index in [0.29, 0.717) is 12.7 Å². The molecule has 1 aromatic rings. The summed E-state index contributed by atoms with van der Waals surface area (Å²) in [6.45, 7) is 1.44. The van der Waals surface area contributed by atoms with Gasteiger partial charge < -0.3 is 16.2 Å². The van der Waals surface area contributed by atoms with Crippen molar-refractivity contribution in [2.24, 2.45) is 10.7 Å². The molecule has 110 valence electrons. The number of halogens is 3. The van der Waals surface area contributed by atoms with Crippen molar-refractivity contribution in [3.63, 3.8) is 0 Å². The fourth-order valence-corrected chi connectivity index (χ4v) is 1.41. The first kappa shape index (κ1) is 16.0. The first-order valence-corrected chi connectivity index (χ1v) is 5.79. The van der Waals surface area contributed by atoms with Crippen LogP contribution in [0.25, 0.3) is 0 Å². The predicted molar refractivity (Wildman–Crippen MR) is 71.4 cm³/mol. The summed E-state index contributed by atoms with van der Waals surface area (Å²) in [6.07, 6.45) is -3.81. The van der Waals surface area contributed by atoms with Gasteiger partial charge in [0, 0.05) is 18.3 Å². The zero-order valence-corrected chi connectivity index (χ0v) is 11.1. The highest BCUT2D eigenvalue weighted by molar-refractivity contribution is 6.00. The second kappa shape index (κ2) is 6.42. The van der Waals surface area contributed by atoms with Crippen molar-refractivity contribution >= 4 is 5.84 Å². The van der Waals surface area contributed by atoms with Crippen LogP contribution in [-0.4, -0.2) is 24.2 Å². The van der Waals surface area contributed by atoms with Crippen molar-refractivity contribution in [3.05, 3.63) is 41.1 Å². The van der Waals surface area contributed by atoms with Crippen molar-refractivity contribution in [3.8, 4) is 5.75 Å². The average Bonchev–Trinajstić information content (AvgIpc) is 2.37. The predicted octanol–water partition coefficient (Wildman–Crippen LogP) is 2.28. The third-order valence-corrected chi connectivity index (χ3v) is 2.56. The maximum atomic E-state index is 12.3. The van der Waals surface area contributed by atoms with E-state index in [-0.39, 0.29) is 17.1 Å². The topological polar surface area (TPSA) is 70.6 Å². The molecule has 0 aliphatic rings. The van der Waals surface area contributed by atoms with E-state index in [1.807, 2.05) is 0 Å². The Labute approximate surface area is 114 Å². The van der Waals surface area contributed by atoms with Crippen LogP contribution in [0.4, 0.5) is 13.2 Å². The normalized spacial score (nSPS) is 13.7. The summed E-state index contributed by atoms with van der Waals surface area (Å²) >= 11 is 0. The highest BCUT2D eigenvalue weighted by Gasteiger charge is 2.29. The molecule has 0 aliphatic carbocycles. The number of rotatable bonds is 4. The molecule has 0 saturated heterocycles. The first-order valence-electron chi connectivity index (χ1n) is 5.79. The summed E-state index contributed by atoms with van der Waals surface area (Å²) in [6, 6.07) is 4.67. The zero-order valence-electron chi connectivity index (χ0n) is 11.1. The van der Waals surface area contributed by atoms with Crippen LogP contribution in [0.2, 0.25) is 0 Å². The van der Waals surface area contributed by atoms with E-state index in [0.717, 1.165) is 12.5 Å². The molecule has 0 atom stereocenters. The third kappa shape index (κ3) is 4.27. The van der Waals surface area contributed by atoms with Crippen molar-refractivity contribution in [2.75, 3.05) is 7.05 Å². The Balaban J connectivity index is 3.08. The summed E-state index contributed by atoms with van der Waals surface area (Å²) in [5.41, 5.74) is 5.77. The van der Waals surface area contributed by atoms with Gasteiger partial charge in [0.05, 0.1) is 5.56 Å². The molecule has 0 aliphatic heterocycles. The van der Waals surface area contributed by atoms with E-state index in [1.54, 1.807) is 19.2 Å². The quantitative estimate of drug-likeness (QED) is 0.588. The Morgan fingerprint density at radius 2 is 2.10 bits per heavy atom. The molecular formula is C13H16F3N3O. The summed E-state index contributed by atoms with van der Waals surface area (Å²) < 4.78 is 36.9. The molecule has 0 spiro atoms. The van der Waals surface area contributed by atoms with Gasteiger partial charge in [0.25, 0.3) is 0 Å². The number of phenolic OH excluding ortho intramolecular Hbond substituents is 1. The lowest BCUT2D eigenvalue weighted by Crippen LogP contribution is -2.15. The summed E-state index contributed by atoms with van der Waals surface area (Å²) in [7, 11) is 1.75. The molecular weight excluding hydrogens is 271 g/mol. The SMILES string of the molecule is CNCc1ccc(O)c(/C(N)=N/C=C(\C)C(F)(F)F)c1. The molecule has 7 heteroatoms. The Morgan fingerprint density at radius 1 is 1.45 bits per heavy atom. The number of nitrogens with one attached hydrogen (secondary N) is 1. The van der Waals surface area contributed by atoms with Crippen molar-refractivity contribution in [2.45, 2.75) is 19.6 Å². The molecule has 1 aromatic carbocycles. The molecule has 0 amide bonds. The third-order valence-electron chi connectivity index (χ3n) is 2.56. The number of benzene rings is 1. The van der Waals surface area contributed by atoms with E-state index in [1.165, 1.54) is 6.07 Å². The molecule has 20 heavy (non-hydrogen) atoms. The fourth-order valence-electron chi connectivity index (χ4n) is 1.41. The minimum absolute atomic E-state index is 0.135. The van der Waals surface area contributed by atoms with Crippen LogP contribution in [0.15, 0.2) is 35.0 Å². The minimum atomic E-state index is -4.44. The summed E-state index contributed by atoms with van der Waals surface area (Å²) in [5.74, 6) is -0.312. The van der Waals surface area contributed by atoms with Crippen LogP contribution in [0, 0.1) is 0 Å². The molecule has 1 rings (SSSR count). The van der Waals surface area contributed by atoms with E-state index in [2.05, 4.69) is 10.3 Å². The lowest BCUT2D eigenvalue weighted by atomic mass is 10.1. The number of phenols is 1. The van der Waals surface area contributed by atoms with Gasteiger partial charge in [0.15, 0.2) is 0 Å². The molecule has 0 radical (unpaired) electrons. The number of aromatic hydroxyl groups is 1. The van der Waals surface area contributed by atoms with Crippen molar-refractivity contribution in [1.82, 2.24) is 5.32 Å². The van der Waals surface area contributed by atoms with Gasteiger partial charge in [-0.25, -0.2) is 4.99 Å². The molecule has 0 saturated carbocycles. The van der Waals surface area contributed by atoms with Crippen molar-refractivity contribution < 1.29 is 18.3 Å². The van der Waals surface area contributed by atoms with Crippen LogP contribution >= 0.6 is 0 Å². The Morgan fingerprint density at radius 3 is 2.65 bits per heavy atom. The average molecular weight is 287 g/mol. The summed E-state index contributed by atoms with van der Waals surface area (Å²) in [4.78, 5) is 3.55. The lowest BCUT2D eigenvalue weighted by molar-refractivity contribution is -0.0914. The number of nitrogens with two attached hydrogens (primary N) is 1. The maximum Gasteiger partial charge on any atom is 0.413 e. The van der Waals surface area contributed by atoms with Crippen molar-refractivity contribution in [1.29, 1.82) is 0 Å². The first-order chi connectivity index (χ1) is 9.25. The Hall–Kier alpha value is -2.02. The Bertz CT molecular complexity index is 536. The number of aliphatic imine (C=N–C) groups is 1. The van der Waals surface area contributed by atoms with Gasteiger partial charge >= 0.3 is 6.18 Å². The number of allylic oxidation sites excluding steroid dienone is 1. The standard InChI is InChI=1S/C13H16F3N3O/c1-8(13(14,15)16)6-19-12(17)10-5-9(7-18-2)3-4-11(10)20/h3-6,18,20H,7H2,1-2H3,(H2,17,19)/b8-6+. The molecule has 4 nitrogen and oxygen atoms in total. The number of hydrogen-bond donors (Lipinski definition) is 3. The van der Waals surface area contributed by atoms with Gasteiger partial charge in [-0.2, -0.15) is 13.2 Å². The van der Waals surface area contributed by atoms with E-state index < -0.39 is 11.7 Å². The van der Waals surface area contributed by atoms with Gasteiger partial charge in [-0.05, 0) is 31.7 Å². The van der Waals surface area contributed by atoms with Crippen LogP contribution in [0.1, 0.15) is 18.1 Å². The fraction of sp³-hybridized carbons (Fsp3) is 0.308.